The average Bonchev–Trinajstić information content (AvgIpc) is 2.55. The lowest BCUT2D eigenvalue weighted by Gasteiger charge is -2.25. The van der Waals surface area contributed by atoms with Crippen molar-refractivity contribution in [1.29, 1.82) is 0 Å². The number of rotatable bonds is 7. The van der Waals surface area contributed by atoms with Crippen LogP contribution in [0.4, 0.5) is 10.1 Å². The van der Waals surface area contributed by atoms with Gasteiger partial charge in [-0.25, -0.2) is 4.39 Å². The zero-order valence-electron chi connectivity index (χ0n) is 13.9. The molecule has 5 heteroatoms. The molecular weight excluding hydrogens is 293 g/mol. The lowest BCUT2D eigenvalue weighted by molar-refractivity contribution is -0.123. The lowest BCUT2D eigenvalue weighted by atomic mass is 9.85. The Labute approximate surface area is 138 Å². The molecule has 23 heavy (non-hydrogen) atoms. The fourth-order valence-corrected chi connectivity index (χ4v) is 3.16. The molecule has 0 spiro atoms. The van der Waals surface area contributed by atoms with Crippen molar-refractivity contribution in [1.82, 2.24) is 5.32 Å². The molecule has 128 valence electrons. The molecule has 1 fully saturated rings. The Balaban J connectivity index is 1.72. The molecule has 4 N–H and O–H groups in total. The van der Waals surface area contributed by atoms with E-state index in [-0.39, 0.29) is 17.8 Å². The maximum absolute atomic E-state index is 13.5. The van der Waals surface area contributed by atoms with Crippen molar-refractivity contribution in [3.8, 4) is 0 Å². The zero-order valence-corrected chi connectivity index (χ0v) is 13.9. The Morgan fingerprint density at radius 3 is 2.70 bits per heavy atom. The highest BCUT2D eigenvalue weighted by Gasteiger charge is 2.22. The number of hydrogen-bond donors (Lipinski definition) is 3. The van der Waals surface area contributed by atoms with E-state index in [1.165, 1.54) is 38.2 Å². The van der Waals surface area contributed by atoms with Gasteiger partial charge in [0.2, 0.25) is 5.91 Å². The summed E-state index contributed by atoms with van der Waals surface area (Å²) in [5, 5.41) is 5.92. The highest BCUT2D eigenvalue weighted by Crippen LogP contribution is 2.26. The Bertz CT molecular complexity index is 503. The summed E-state index contributed by atoms with van der Waals surface area (Å²) in [5.41, 5.74) is 6.48. The highest BCUT2D eigenvalue weighted by molar-refractivity contribution is 5.81. The molecule has 0 radical (unpaired) electrons. The molecule has 0 aliphatic heterocycles. The SMILES string of the molecule is C[C@@H](CNc1ccccc1F)NC(=O)[C@@H](N)CC1CCCCC1. The van der Waals surface area contributed by atoms with E-state index >= 15 is 0 Å². The Kier molecular flexibility index (Phi) is 6.84. The molecule has 4 nitrogen and oxygen atoms in total. The largest absolute Gasteiger partial charge is 0.381 e. The van der Waals surface area contributed by atoms with Crippen molar-refractivity contribution in [3.63, 3.8) is 0 Å². The van der Waals surface area contributed by atoms with Gasteiger partial charge in [-0.2, -0.15) is 0 Å². The van der Waals surface area contributed by atoms with E-state index < -0.39 is 6.04 Å². The van der Waals surface area contributed by atoms with Gasteiger partial charge in [0.15, 0.2) is 0 Å². The van der Waals surface area contributed by atoms with Crippen LogP contribution in [0.1, 0.15) is 45.4 Å². The smallest absolute Gasteiger partial charge is 0.237 e. The Morgan fingerprint density at radius 2 is 2.00 bits per heavy atom. The van der Waals surface area contributed by atoms with E-state index in [1.807, 2.05) is 6.92 Å². The highest BCUT2D eigenvalue weighted by atomic mass is 19.1. The van der Waals surface area contributed by atoms with Crippen molar-refractivity contribution in [2.75, 3.05) is 11.9 Å². The molecule has 1 aliphatic rings. The lowest BCUT2D eigenvalue weighted by Crippen LogP contribution is -2.47. The van der Waals surface area contributed by atoms with Crippen LogP contribution in [0, 0.1) is 11.7 Å². The third-order valence-corrected chi connectivity index (χ3v) is 4.51. The molecule has 2 atom stereocenters. The summed E-state index contributed by atoms with van der Waals surface area (Å²) in [6, 6.07) is 5.95. The van der Waals surface area contributed by atoms with E-state index in [4.69, 9.17) is 5.73 Å². The van der Waals surface area contributed by atoms with Gasteiger partial charge in [-0.15, -0.1) is 0 Å². The van der Waals surface area contributed by atoms with Crippen molar-refractivity contribution < 1.29 is 9.18 Å². The summed E-state index contributed by atoms with van der Waals surface area (Å²) in [4.78, 5) is 12.2. The summed E-state index contributed by atoms with van der Waals surface area (Å²) >= 11 is 0. The third kappa shape index (κ3) is 5.82. The summed E-state index contributed by atoms with van der Waals surface area (Å²) in [6.45, 7) is 2.35. The first-order chi connectivity index (χ1) is 11.1. The molecule has 1 aliphatic carbocycles. The minimum absolute atomic E-state index is 0.112. The first-order valence-corrected chi connectivity index (χ1v) is 8.60. The van der Waals surface area contributed by atoms with Crippen LogP contribution in [-0.2, 0) is 4.79 Å². The molecule has 1 aromatic carbocycles. The van der Waals surface area contributed by atoms with Crippen molar-refractivity contribution >= 4 is 11.6 Å². The fourth-order valence-electron chi connectivity index (χ4n) is 3.16. The van der Waals surface area contributed by atoms with Crippen molar-refractivity contribution in [3.05, 3.63) is 30.1 Å². The van der Waals surface area contributed by atoms with Crippen LogP contribution in [0.25, 0.3) is 0 Å². The fraction of sp³-hybridized carbons (Fsp3) is 0.611. The molecule has 0 unspecified atom stereocenters. The van der Waals surface area contributed by atoms with Crippen molar-refractivity contribution in [2.45, 2.75) is 57.5 Å². The van der Waals surface area contributed by atoms with Gasteiger partial charge >= 0.3 is 0 Å². The standard InChI is InChI=1S/C18H28FN3O/c1-13(12-21-17-10-6-5-9-15(17)19)22-18(23)16(20)11-14-7-3-2-4-8-14/h5-6,9-10,13-14,16,21H,2-4,7-8,11-12,20H2,1H3,(H,22,23)/t13-,16-/m0/s1. The van der Waals surface area contributed by atoms with Gasteiger partial charge in [-0.1, -0.05) is 44.2 Å². The number of carbonyl (C=O) groups is 1. The molecule has 2 rings (SSSR count). The molecule has 1 saturated carbocycles. The minimum atomic E-state index is -0.450. The van der Waals surface area contributed by atoms with E-state index in [0.717, 1.165) is 6.42 Å². The van der Waals surface area contributed by atoms with Gasteiger partial charge in [0.05, 0.1) is 11.7 Å². The van der Waals surface area contributed by atoms with Crippen LogP contribution in [0.3, 0.4) is 0 Å². The molecule has 1 aromatic rings. The second-order valence-electron chi connectivity index (χ2n) is 6.62. The number of nitrogens with two attached hydrogens (primary N) is 1. The molecule has 1 amide bonds. The molecule has 0 aromatic heterocycles. The average molecular weight is 321 g/mol. The van der Waals surface area contributed by atoms with E-state index in [9.17, 15) is 9.18 Å². The van der Waals surface area contributed by atoms with Gasteiger partial charge in [0.1, 0.15) is 5.82 Å². The van der Waals surface area contributed by atoms with Crippen LogP contribution in [0.2, 0.25) is 0 Å². The first kappa shape index (κ1) is 17.7. The minimum Gasteiger partial charge on any atom is -0.381 e. The summed E-state index contributed by atoms with van der Waals surface area (Å²) in [6.07, 6.45) is 6.94. The van der Waals surface area contributed by atoms with E-state index in [0.29, 0.717) is 18.2 Å². The number of halogens is 1. The van der Waals surface area contributed by atoms with Gasteiger partial charge in [-0.05, 0) is 31.4 Å². The predicted molar refractivity (Wildman–Crippen MR) is 91.7 cm³/mol. The number of nitrogens with one attached hydrogen (secondary N) is 2. The van der Waals surface area contributed by atoms with E-state index in [2.05, 4.69) is 10.6 Å². The number of amides is 1. The van der Waals surface area contributed by atoms with Crippen LogP contribution < -0.4 is 16.4 Å². The van der Waals surface area contributed by atoms with Crippen molar-refractivity contribution in [2.24, 2.45) is 11.7 Å². The number of benzene rings is 1. The molecule has 0 bridgehead atoms. The van der Waals surface area contributed by atoms with Gasteiger partial charge in [0.25, 0.3) is 0 Å². The maximum Gasteiger partial charge on any atom is 0.237 e. The molecule has 0 saturated heterocycles. The normalized spacial score (nSPS) is 18.2. The van der Waals surface area contributed by atoms with Crippen LogP contribution in [0.15, 0.2) is 24.3 Å². The van der Waals surface area contributed by atoms with Gasteiger partial charge in [0, 0.05) is 12.6 Å². The number of hydrogen-bond acceptors (Lipinski definition) is 3. The predicted octanol–water partition coefficient (Wildman–Crippen LogP) is 3.04. The Morgan fingerprint density at radius 1 is 1.30 bits per heavy atom. The van der Waals surface area contributed by atoms with Gasteiger partial charge in [-0.3, -0.25) is 4.79 Å². The summed E-state index contributed by atoms with van der Waals surface area (Å²) in [5.74, 6) is 0.176. The monoisotopic (exact) mass is 321 g/mol. The summed E-state index contributed by atoms with van der Waals surface area (Å²) in [7, 11) is 0. The molecule has 0 heterocycles. The quantitative estimate of drug-likeness (QED) is 0.723. The maximum atomic E-state index is 13.5. The first-order valence-electron chi connectivity index (χ1n) is 8.60. The topological polar surface area (TPSA) is 67.1 Å². The second kappa shape index (κ2) is 8.87. The number of carbonyl (C=O) groups excluding carboxylic acids is 1. The van der Waals surface area contributed by atoms with Crippen LogP contribution >= 0.6 is 0 Å². The van der Waals surface area contributed by atoms with Crippen LogP contribution in [-0.4, -0.2) is 24.5 Å². The molecular formula is C18H28FN3O. The number of anilines is 1. The van der Waals surface area contributed by atoms with Crippen LogP contribution in [0.5, 0.6) is 0 Å². The Hall–Kier alpha value is -1.62. The van der Waals surface area contributed by atoms with Gasteiger partial charge < -0.3 is 16.4 Å². The van der Waals surface area contributed by atoms with E-state index in [1.54, 1.807) is 18.2 Å². The summed E-state index contributed by atoms with van der Waals surface area (Å²) < 4.78 is 13.5. The third-order valence-electron chi connectivity index (χ3n) is 4.51. The second-order valence-corrected chi connectivity index (χ2v) is 6.62. The zero-order chi connectivity index (χ0) is 16.7. The number of para-hydroxylation sites is 1.